The Hall–Kier alpha value is -2.04. The van der Waals surface area contributed by atoms with Crippen molar-refractivity contribution >= 4 is 6.01 Å². The van der Waals surface area contributed by atoms with Crippen LogP contribution in [0.1, 0.15) is 49.1 Å². The van der Waals surface area contributed by atoms with Crippen LogP contribution in [0.2, 0.25) is 0 Å². The van der Waals surface area contributed by atoms with Crippen molar-refractivity contribution < 1.29 is 9.15 Å². The van der Waals surface area contributed by atoms with E-state index in [9.17, 15) is 0 Å². The normalized spacial score (nSPS) is 17.7. The number of rotatable bonds is 5. The summed E-state index contributed by atoms with van der Waals surface area (Å²) in [6, 6.07) is 6.83. The smallest absolute Gasteiger partial charge is 0.315 e. The molecule has 1 aliphatic heterocycles. The van der Waals surface area contributed by atoms with Crippen molar-refractivity contribution in [1.82, 2.24) is 10.2 Å². The van der Waals surface area contributed by atoms with Gasteiger partial charge in [-0.25, -0.2) is 0 Å². The quantitative estimate of drug-likeness (QED) is 0.911. The average Bonchev–Trinajstić information content (AvgIpc) is 3.22. The van der Waals surface area contributed by atoms with E-state index in [1.165, 1.54) is 43.2 Å². The fourth-order valence-electron chi connectivity index (χ4n) is 3.57. The summed E-state index contributed by atoms with van der Waals surface area (Å²) in [5.74, 6) is 2.50. The molecular weight excluding hydrogens is 290 g/mol. The Kier molecular flexibility index (Phi) is 4.18. The molecule has 0 saturated heterocycles. The van der Waals surface area contributed by atoms with Gasteiger partial charge in [0.15, 0.2) is 0 Å². The fourth-order valence-corrected chi connectivity index (χ4v) is 3.57. The topological polar surface area (TPSA) is 60.2 Å². The van der Waals surface area contributed by atoms with Crippen LogP contribution in [0.5, 0.6) is 5.75 Å². The minimum absolute atomic E-state index is 0.521. The van der Waals surface area contributed by atoms with Crippen molar-refractivity contribution in [3.63, 3.8) is 0 Å². The lowest BCUT2D eigenvalue weighted by molar-refractivity contribution is 0.330. The van der Waals surface area contributed by atoms with Crippen LogP contribution in [-0.4, -0.2) is 16.8 Å². The third kappa shape index (κ3) is 3.49. The van der Waals surface area contributed by atoms with E-state index in [0.29, 0.717) is 18.5 Å². The molecule has 1 N–H and O–H groups in total. The van der Waals surface area contributed by atoms with E-state index in [1.54, 1.807) is 0 Å². The summed E-state index contributed by atoms with van der Waals surface area (Å²) in [5, 5.41) is 11.5. The molecule has 1 aliphatic carbocycles. The summed E-state index contributed by atoms with van der Waals surface area (Å²) >= 11 is 0. The second-order valence-corrected chi connectivity index (χ2v) is 6.60. The zero-order valence-corrected chi connectivity index (χ0v) is 13.4. The number of aromatic nitrogens is 2. The third-order valence-corrected chi connectivity index (χ3v) is 4.85. The van der Waals surface area contributed by atoms with Crippen LogP contribution < -0.4 is 10.1 Å². The van der Waals surface area contributed by atoms with Crippen LogP contribution in [0.15, 0.2) is 22.6 Å². The summed E-state index contributed by atoms with van der Waals surface area (Å²) < 4.78 is 11.3. The maximum Gasteiger partial charge on any atom is 0.315 e. The summed E-state index contributed by atoms with van der Waals surface area (Å²) in [7, 11) is 0. The monoisotopic (exact) mass is 313 g/mol. The molecule has 0 bridgehead atoms. The first-order chi connectivity index (χ1) is 11.4. The van der Waals surface area contributed by atoms with Crippen molar-refractivity contribution in [2.45, 2.75) is 51.5 Å². The van der Waals surface area contributed by atoms with Gasteiger partial charge in [-0.05, 0) is 36.0 Å². The van der Waals surface area contributed by atoms with Crippen LogP contribution in [0.25, 0.3) is 0 Å². The van der Waals surface area contributed by atoms with E-state index in [4.69, 9.17) is 9.15 Å². The molecule has 2 aromatic rings. The summed E-state index contributed by atoms with van der Waals surface area (Å²) in [5.41, 5.74) is 2.49. The summed E-state index contributed by atoms with van der Waals surface area (Å²) in [6.45, 7) is 1.48. The van der Waals surface area contributed by atoms with E-state index in [2.05, 4.69) is 27.6 Å². The van der Waals surface area contributed by atoms with E-state index in [1.807, 2.05) is 6.07 Å². The Bertz CT molecular complexity index is 662. The predicted octanol–water partition coefficient (Wildman–Crippen LogP) is 3.74. The molecule has 0 spiro atoms. The van der Waals surface area contributed by atoms with E-state index >= 15 is 0 Å². The first-order valence-electron chi connectivity index (χ1n) is 8.68. The van der Waals surface area contributed by atoms with Crippen molar-refractivity contribution in [1.29, 1.82) is 0 Å². The van der Waals surface area contributed by atoms with Crippen LogP contribution in [0.4, 0.5) is 6.01 Å². The number of nitrogens with one attached hydrogen (secondary N) is 1. The van der Waals surface area contributed by atoms with Gasteiger partial charge in [0.05, 0.1) is 6.61 Å². The molecule has 1 fully saturated rings. The Balaban J connectivity index is 1.32. The number of hydrogen-bond acceptors (Lipinski definition) is 5. The van der Waals surface area contributed by atoms with Gasteiger partial charge < -0.3 is 14.5 Å². The molecule has 5 heteroatoms. The second kappa shape index (κ2) is 6.60. The molecule has 0 unspecified atom stereocenters. The molecule has 2 aliphatic rings. The van der Waals surface area contributed by atoms with Gasteiger partial charge in [-0.1, -0.05) is 36.5 Å². The number of ether oxygens (including phenoxy) is 1. The molecule has 5 nitrogen and oxygen atoms in total. The third-order valence-electron chi connectivity index (χ3n) is 4.85. The fraction of sp³-hybridized carbons (Fsp3) is 0.556. The Morgan fingerprint density at radius 3 is 2.96 bits per heavy atom. The number of benzene rings is 1. The molecule has 122 valence electrons. The van der Waals surface area contributed by atoms with Crippen LogP contribution >= 0.6 is 0 Å². The van der Waals surface area contributed by atoms with Gasteiger partial charge >= 0.3 is 6.01 Å². The highest BCUT2D eigenvalue weighted by Gasteiger charge is 2.17. The minimum Gasteiger partial charge on any atom is -0.493 e. The van der Waals surface area contributed by atoms with Gasteiger partial charge in [0.1, 0.15) is 5.75 Å². The van der Waals surface area contributed by atoms with Gasteiger partial charge in [-0.3, -0.25) is 0 Å². The molecule has 0 atom stereocenters. The Morgan fingerprint density at radius 1 is 1.13 bits per heavy atom. The maximum absolute atomic E-state index is 5.74. The highest BCUT2D eigenvalue weighted by atomic mass is 16.5. The van der Waals surface area contributed by atoms with Crippen molar-refractivity contribution in [2.24, 2.45) is 5.92 Å². The molecule has 23 heavy (non-hydrogen) atoms. The summed E-state index contributed by atoms with van der Waals surface area (Å²) in [6.07, 6.45) is 8.56. The lowest BCUT2D eigenvalue weighted by Gasteiger charge is -2.19. The first-order valence-corrected chi connectivity index (χ1v) is 8.68. The van der Waals surface area contributed by atoms with Crippen molar-refractivity contribution in [2.75, 3.05) is 11.9 Å². The van der Waals surface area contributed by atoms with E-state index in [-0.39, 0.29) is 0 Å². The van der Waals surface area contributed by atoms with Gasteiger partial charge in [0, 0.05) is 19.4 Å². The second-order valence-electron chi connectivity index (χ2n) is 6.60. The molecule has 1 aromatic carbocycles. The van der Waals surface area contributed by atoms with Gasteiger partial charge in [-0.2, -0.15) is 0 Å². The SMILES string of the molecule is c1cc2c(cc1CNc1nnc(CC3CCCCC3)o1)CCO2. The molecule has 0 radical (unpaired) electrons. The molecule has 2 heterocycles. The van der Waals surface area contributed by atoms with Gasteiger partial charge in [-0.15, -0.1) is 5.10 Å². The molecule has 0 amide bonds. The highest BCUT2D eigenvalue weighted by Crippen LogP contribution is 2.27. The zero-order chi connectivity index (χ0) is 15.5. The largest absolute Gasteiger partial charge is 0.493 e. The molecule has 1 saturated carbocycles. The van der Waals surface area contributed by atoms with E-state index in [0.717, 1.165) is 31.1 Å². The highest BCUT2D eigenvalue weighted by molar-refractivity contribution is 5.40. The molecular formula is C18H23N3O2. The van der Waals surface area contributed by atoms with E-state index < -0.39 is 0 Å². The lowest BCUT2D eigenvalue weighted by atomic mass is 9.87. The van der Waals surface area contributed by atoms with Gasteiger partial charge in [0.2, 0.25) is 5.89 Å². The number of anilines is 1. The predicted molar refractivity (Wildman–Crippen MR) is 87.5 cm³/mol. The molecule has 4 rings (SSSR count). The standard InChI is InChI=1S/C18H23N3O2/c1-2-4-13(5-3-1)11-17-20-21-18(23-17)19-12-14-6-7-16-15(10-14)8-9-22-16/h6-7,10,13H,1-5,8-9,11-12H2,(H,19,21). The van der Waals surface area contributed by atoms with Crippen LogP contribution in [0.3, 0.4) is 0 Å². The number of nitrogens with zero attached hydrogens (tertiary/aromatic N) is 2. The van der Waals surface area contributed by atoms with Crippen LogP contribution in [0, 0.1) is 5.92 Å². The Labute approximate surface area is 136 Å². The Morgan fingerprint density at radius 2 is 2.04 bits per heavy atom. The summed E-state index contributed by atoms with van der Waals surface area (Å²) in [4.78, 5) is 0. The lowest BCUT2D eigenvalue weighted by Crippen LogP contribution is -2.09. The molecule has 1 aromatic heterocycles. The number of fused-ring (bicyclic) bond motifs is 1. The average molecular weight is 313 g/mol. The zero-order valence-electron chi connectivity index (χ0n) is 13.4. The van der Waals surface area contributed by atoms with Gasteiger partial charge in [0.25, 0.3) is 0 Å². The minimum atomic E-state index is 0.521. The van der Waals surface area contributed by atoms with Crippen molar-refractivity contribution in [3.8, 4) is 5.75 Å². The number of hydrogen-bond donors (Lipinski definition) is 1. The van der Waals surface area contributed by atoms with Crippen LogP contribution in [-0.2, 0) is 19.4 Å². The van der Waals surface area contributed by atoms with Crippen molar-refractivity contribution in [3.05, 3.63) is 35.2 Å². The maximum atomic E-state index is 5.74. The first kappa shape index (κ1) is 14.5.